The van der Waals surface area contributed by atoms with Gasteiger partial charge in [0.25, 0.3) is 5.91 Å². The Morgan fingerprint density at radius 1 is 1.17 bits per heavy atom. The normalized spacial score (nSPS) is 16.2. The highest BCUT2D eigenvalue weighted by atomic mass is 16.5. The molecule has 1 aliphatic heterocycles. The molecule has 0 bridgehead atoms. The first-order valence-corrected chi connectivity index (χ1v) is 5.64. The first kappa shape index (κ1) is 12.5. The standard InChI is InChI=1S/C12H14N2O4/c15-11(13-14-5-7-18-8-6-14)9-3-1-2-4-10(9)12(16)17/h1-4H,5-8H2,(H,13,15)(H,16,17). The lowest BCUT2D eigenvalue weighted by molar-refractivity contribution is 0.0125. The average Bonchev–Trinajstić information content (AvgIpc) is 2.40. The van der Waals surface area contributed by atoms with Crippen molar-refractivity contribution in [1.82, 2.24) is 10.4 Å². The molecule has 96 valence electrons. The van der Waals surface area contributed by atoms with Crippen LogP contribution in [0.5, 0.6) is 0 Å². The Morgan fingerprint density at radius 3 is 2.39 bits per heavy atom. The van der Waals surface area contributed by atoms with Gasteiger partial charge in [-0.25, -0.2) is 9.80 Å². The quantitative estimate of drug-likeness (QED) is 0.810. The number of benzene rings is 1. The number of hydrogen-bond acceptors (Lipinski definition) is 4. The minimum absolute atomic E-state index is 0.00302. The Morgan fingerprint density at radius 2 is 1.78 bits per heavy atom. The van der Waals surface area contributed by atoms with Crippen LogP contribution in [0.3, 0.4) is 0 Å². The molecule has 1 aromatic rings. The van der Waals surface area contributed by atoms with Crippen LogP contribution in [-0.2, 0) is 4.74 Å². The van der Waals surface area contributed by atoms with Crippen molar-refractivity contribution in [2.75, 3.05) is 26.3 Å². The molecule has 1 heterocycles. The van der Waals surface area contributed by atoms with E-state index < -0.39 is 11.9 Å². The first-order chi connectivity index (χ1) is 8.68. The zero-order chi connectivity index (χ0) is 13.0. The molecule has 1 saturated heterocycles. The van der Waals surface area contributed by atoms with Crippen LogP contribution in [0, 0.1) is 0 Å². The third-order valence-electron chi connectivity index (χ3n) is 2.67. The maximum atomic E-state index is 12.0. The highest BCUT2D eigenvalue weighted by Crippen LogP contribution is 2.09. The Labute approximate surface area is 104 Å². The number of rotatable bonds is 3. The van der Waals surface area contributed by atoms with Crippen LogP contribution in [0.15, 0.2) is 24.3 Å². The van der Waals surface area contributed by atoms with Crippen molar-refractivity contribution in [1.29, 1.82) is 0 Å². The van der Waals surface area contributed by atoms with E-state index in [1.54, 1.807) is 17.1 Å². The number of amides is 1. The Kier molecular flexibility index (Phi) is 3.91. The molecule has 18 heavy (non-hydrogen) atoms. The summed E-state index contributed by atoms with van der Waals surface area (Å²) in [5, 5.41) is 10.7. The van der Waals surface area contributed by atoms with Gasteiger partial charge in [0, 0.05) is 13.1 Å². The maximum absolute atomic E-state index is 12.0. The third-order valence-corrected chi connectivity index (χ3v) is 2.67. The summed E-state index contributed by atoms with van der Waals surface area (Å²) in [5.74, 6) is -1.52. The van der Waals surface area contributed by atoms with Crippen molar-refractivity contribution in [2.24, 2.45) is 0 Å². The van der Waals surface area contributed by atoms with E-state index in [0.717, 1.165) is 0 Å². The summed E-state index contributed by atoms with van der Waals surface area (Å²) < 4.78 is 5.16. The van der Waals surface area contributed by atoms with E-state index in [0.29, 0.717) is 26.3 Å². The lowest BCUT2D eigenvalue weighted by Crippen LogP contribution is -2.48. The molecule has 1 aliphatic rings. The lowest BCUT2D eigenvalue weighted by Gasteiger charge is -2.27. The summed E-state index contributed by atoms with van der Waals surface area (Å²) in [5.41, 5.74) is 2.85. The van der Waals surface area contributed by atoms with Crippen molar-refractivity contribution in [3.63, 3.8) is 0 Å². The van der Waals surface area contributed by atoms with Gasteiger partial charge in [-0.1, -0.05) is 12.1 Å². The molecule has 0 atom stereocenters. The highest BCUT2D eigenvalue weighted by molar-refractivity contribution is 6.04. The zero-order valence-corrected chi connectivity index (χ0v) is 9.76. The van der Waals surface area contributed by atoms with Gasteiger partial charge >= 0.3 is 5.97 Å². The fraction of sp³-hybridized carbons (Fsp3) is 0.333. The fourth-order valence-electron chi connectivity index (χ4n) is 1.75. The molecule has 1 amide bonds. The van der Waals surface area contributed by atoms with Gasteiger partial charge < -0.3 is 9.84 Å². The number of nitrogens with zero attached hydrogens (tertiary/aromatic N) is 1. The Balaban J connectivity index is 2.10. The second kappa shape index (κ2) is 5.61. The monoisotopic (exact) mass is 250 g/mol. The molecule has 6 heteroatoms. The highest BCUT2D eigenvalue weighted by Gasteiger charge is 2.18. The van der Waals surface area contributed by atoms with Crippen molar-refractivity contribution in [3.8, 4) is 0 Å². The molecule has 1 aromatic carbocycles. The smallest absolute Gasteiger partial charge is 0.336 e. The fourth-order valence-corrected chi connectivity index (χ4v) is 1.75. The van der Waals surface area contributed by atoms with Crippen LogP contribution < -0.4 is 5.43 Å². The van der Waals surface area contributed by atoms with Gasteiger partial charge in [-0.3, -0.25) is 10.2 Å². The molecule has 1 fully saturated rings. The van der Waals surface area contributed by atoms with E-state index in [2.05, 4.69) is 5.43 Å². The average molecular weight is 250 g/mol. The van der Waals surface area contributed by atoms with Gasteiger partial charge in [0.05, 0.1) is 24.3 Å². The summed E-state index contributed by atoms with van der Waals surface area (Å²) in [7, 11) is 0. The zero-order valence-electron chi connectivity index (χ0n) is 9.76. The van der Waals surface area contributed by atoms with Gasteiger partial charge in [0.1, 0.15) is 0 Å². The van der Waals surface area contributed by atoms with Gasteiger partial charge in [-0.15, -0.1) is 0 Å². The topological polar surface area (TPSA) is 78.9 Å². The summed E-state index contributed by atoms with van der Waals surface area (Å²) in [6.07, 6.45) is 0. The minimum Gasteiger partial charge on any atom is -0.478 e. The number of carboxylic acid groups (broad SMARTS) is 1. The van der Waals surface area contributed by atoms with Crippen LogP contribution in [0.4, 0.5) is 0 Å². The molecule has 0 aromatic heterocycles. The number of nitrogens with one attached hydrogen (secondary N) is 1. The first-order valence-electron chi connectivity index (χ1n) is 5.64. The van der Waals surface area contributed by atoms with Crippen molar-refractivity contribution in [3.05, 3.63) is 35.4 Å². The molecule has 0 radical (unpaired) electrons. The lowest BCUT2D eigenvalue weighted by atomic mass is 10.1. The largest absolute Gasteiger partial charge is 0.478 e. The van der Waals surface area contributed by atoms with E-state index in [9.17, 15) is 9.59 Å². The van der Waals surface area contributed by atoms with Gasteiger partial charge in [-0.2, -0.15) is 0 Å². The SMILES string of the molecule is O=C(O)c1ccccc1C(=O)NN1CCOCC1. The number of carbonyl (C=O) groups is 2. The number of morpholine rings is 1. The Hall–Kier alpha value is -1.92. The summed E-state index contributed by atoms with van der Waals surface area (Å²) in [6, 6.07) is 6.14. The molecule has 2 N–H and O–H groups in total. The minimum atomic E-state index is -1.11. The second-order valence-corrected chi connectivity index (χ2v) is 3.89. The third kappa shape index (κ3) is 2.85. The summed E-state index contributed by atoms with van der Waals surface area (Å²) >= 11 is 0. The number of hydrogen-bond donors (Lipinski definition) is 2. The summed E-state index contributed by atoms with van der Waals surface area (Å²) in [4.78, 5) is 23.0. The summed E-state index contributed by atoms with van der Waals surface area (Å²) in [6.45, 7) is 2.31. The van der Waals surface area contributed by atoms with Gasteiger partial charge in [0.2, 0.25) is 0 Å². The maximum Gasteiger partial charge on any atom is 0.336 e. The van der Waals surface area contributed by atoms with Crippen LogP contribution in [-0.4, -0.2) is 48.3 Å². The number of ether oxygens (including phenoxy) is 1. The Bertz CT molecular complexity index is 455. The molecular formula is C12H14N2O4. The predicted octanol–water partition coefficient (Wildman–Crippen LogP) is 0.362. The second-order valence-electron chi connectivity index (χ2n) is 3.89. The van der Waals surface area contributed by atoms with Crippen LogP contribution >= 0.6 is 0 Å². The van der Waals surface area contributed by atoms with Gasteiger partial charge in [0.15, 0.2) is 0 Å². The molecule has 0 spiro atoms. The van der Waals surface area contributed by atoms with E-state index >= 15 is 0 Å². The number of carbonyl (C=O) groups excluding carboxylic acids is 1. The van der Waals surface area contributed by atoms with Gasteiger partial charge in [-0.05, 0) is 12.1 Å². The van der Waals surface area contributed by atoms with E-state index in [-0.39, 0.29) is 11.1 Å². The number of carboxylic acids is 1. The van der Waals surface area contributed by atoms with E-state index in [4.69, 9.17) is 9.84 Å². The molecule has 2 rings (SSSR count). The molecular weight excluding hydrogens is 236 g/mol. The van der Waals surface area contributed by atoms with Crippen LogP contribution in [0.25, 0.3) is 0 Å². The number of hydrazine groups is 1. The molecule has 0 saturated carbocycles. The van der Waals surface area contributed by atoms with E-state index in [1.807, 2.05) is 0 Å². The van der Waals surface area contributed by atoms with E-state index in [1.165, 1.54) is 12.1 Å². The predicted molar refractivity (Wildman–Crippen MR) is 63.3 cm³/mol. The van der Waals surface area contributed by atoms with Crippen LogP contribution in [0.2, 0.25) is 0 Å². The molecule has 6 nitrogen and oxygen atoms in total. The number of aromatic carboxylic acids is 1. The molecule has 0 unspecified atom stereocenters. The van der Waals surface area contributed by atoms with Crippen molar-refractivity contribution in [2.45, 2.75) is 0 Å². The van der Waals surface area contributed by atoms with Crippen molar-refractivity contribution < 1.29 is 19.4 Å². The van der Waals surface area contributed by atoms with Crippen LogP contribution in [0.1, 0.15) is 20.7 Å². The molecule has 0 aliphatic carbocycles. The van der Waals surface area contributed by atoms with Crippen molar-refractivity contribution >= 4 is 11.9 Å².